The lowest BCUT2D eigenvalue weighted by Crippen LogP contribution is -2.05. The zero-order valence-electron chi connectivity index (χ0n) is 13.1. The molecule has 5 nitrogen and oxygen atoms in total. The summed E-state index contributed by atoms with van der Waals surface area (Å²) in [5.74, 6) is 0.956. The number of anilines is 1. The molecule has 0 amide bonds. The van der Waals surface area contributed by atoms with Crippen LogP contribution in [0.2, 0.25) is 0 Å². The molecule has 23 heavy (non-hydrogen) atoms. The Morgan fingerprint density at radius 3 is 2.48 bits per heavy atom. The molecule has 118 valence electrons. The van der Waals surface area contributed by atoms with E-state index in [9.17, 15) is 0 Å². The largest absolute Gasteiger partial charge is 0.350 e. The number of halogens is 1. The van der Waals surface area contributed by atoms with Crippen molar-refractivity contribution in [1.29, 1.82) is 0 Å². The van der Waals surface area contributed by atoms with Crippen LogP contribution < -0.4 is 5.32 Å². The van der Waals surface area contributed by atoms with Crippen LogP contribution in [0.4, 0.5) is 5.95 Å². The van der Waals surface area contributed by atoms with Gasteiger partial charge in [0.05, 0.1) is 15.9 Å². The Labute approximate surface area is 143 Å². The number of aromatic nitrogens is 4. The Morgan fingerprint density at radius 2 is 1.83 bits per heavy atom. The van der Waals surface area contributed by atoms with E-state index in [0.29, 0.717) is 18.4 Å². The summed E-state index contributed by atoms with van der Waals surface area (Å²) in [7, 11) is 0. The second-order valence-corrected chi connectivity index (χ2v) is 6.47. The number of hydrogen-bond acceptors (Lipinski definition) is 4. The maximum atomic E-state index is 4.73. The molecule has 0 radical (unpaired) electrons. The van der Waals surface area contributed by atoms with Crippen molar-refractivity contribution in [2.75, 3.05) is 5.32 Å². The average Bonchev–Trinajstić information content (AvgIpc) is 3.00. The molecular formula is C17H18BrN5. The number of hydrogen-bond donors (Lipinski definition) is 1. The van der Waals surface area contributed by atoms with E-state index in [4.69, 9.17) is 5.10 Å². The Balaban J connectivity index is 1.83. The molecule has 3 aromatic rings. The Bertz CT molecular complexity index is 765. The molecule has 0 aliphatic rings. The Morgan fingerprint density at radius 1 is 1.13 bits per heavy atom. The van der Waals surface area contributed by atoms with Crippen molar-refractivity contribution >= 4 is 21.9 Å². The van der Waals surface area contributed by atoms with Gasteiger partial charge in [0.25, 0.3) is 0 Å². The highest BCUT2D eigenvalue weighted by atomic mass is 79.9. The van der Waals surface area contributed by atoms with Gasteiger partial charge in [0.1, 0.15) is 0 Å². The summed E-state index contributed by atoms with van der Waals surface area (Å²) in [5.41, 5.74) is 3.29. The lowest BCUT2D eigenvalue weighted by atomic mass is 10.1. The first-order chi connectivity index (χ1) is 11.1. The molecule has 3 rings (SSSR count). The molecule has 2 aromatic heterocycles. The molecule has 0 atom stereocenters. The van der Waals surface area contributed by atoms with Gasteiger partial charge in [0, 0.05) is 30.7 Å². The number of nitrogens with zero attached hydrogens (tertiary/aromatic N) is 4. The van der Waals surface area contributed by atoms with E-state index in [-0.39, 0.29) is 0 Å². The number of nitrogens with one attached hydrogen (secondary N) is 1. The van der Waals surface area contributed by atoms with Crippen LogP contribution in [0.3, 0.4) is 0 Å². The lowest BCUT2D eigenvalue weighted by molar-refractivity contribution is 0.763. The first-order valence-electron chi connectivity index (χ1n) is 7.49. The van der Waals surface area contributed by atoms with Crippen molar-refractivity contribution in [2.45, 2.75) is 26.3 Å². The smallest absolute Gasteiger partial charge is 0.222 e. The van der Waals surface area contributed by atoms with Gasteiger partial charge in [0.15, 0.2) is 0 Å². The highest BCUT2D eigenvalue weighted by Gasteiger charge is 2.13. The minimum Gasteiger partial charge on any atom is -0.350 e. The summed E-state index contributed by atoms with van der Waals surface area (Å²) in [6.45, 7) is 4.94. The van der Waals surface area contributed by atoms with E-state index in [1.54, 1.807) is 12.4 Å². The first kappa shape index (κ1) is 15.7. The van der Waals surface area contributed by atoms with Gasteiger partial charge in [-0.3, -0.25) is 0 Å². The Kier molecular flexibility index (Phi) is 4.71. The van der Waals surface area contributed by atoms with Gasteiger partial charge < -0.3 is 5.32 Å². The maximum absolute atomic E-state index is 4.73. The van der Waals surface area contributed by atoms with E-state index >= 15 is 0 Å². The third-order valence-electron chi connectivity index (χ3n) is 3.45. The number of para-hydroxylation sites is 1. The van der Waals surface area contributed by atoms with Gasteiger partial charge in [-0.05, 0) is 34.0 Å². The fourth-order valence-corrected chi connectivity index (χ4v) is 2.54. The van der Waals surface area contributed by atoms with Gasteiger partial charge >= 0.3 is 0 Å². The van der Waals surface area contributed by atoms with E-state index in [2.05, 4.69) is 51.3 Å². The Hall–Kier alpha value is -2.21. The van der Waals surface area contributed by atoms with Crippen molar-refractivity contribution in [1.82, 2.24) is 19.7 Å². The molecule has 0 saturated heterocycles. The summed E-state index contributed by atoms with van der Waals surface area (Å²) in [6.07, 6.45) is 5.52. The predicted molar refractivity (Wildman–Crippen MR) is 94.7 cm³/mol. The van der Waals surface area contributed by atoms with Gasteiger partial charge in [-0.15, -0.1) is 0 Å². The van der Waals surface area contributed by atoms with Crippen molar-refractivity contribution < 1.29 is 0 Å². The molecular weight excluding hydrogens is 354 g/mol. The normalized spacial score (nSPS) is 11.0. The molecule has 0 bridgehead atoms. The van der Waals surface area contributed by atoms with Gasteiger partial charge in [0.2, 0.25) is 5.95 Å². The standard InChI is InChI=1S/C17H18BrN5/c1-12(2)16-13(8-19-17-20-9-14(18)10-21-17)11-23(22-16)15-6-4-3-5-7-15/h3-7,9-12H,8H2,1-2H3,(H,19,20,21). The fourth-order valence-electron chi connectivity index (χ4n) is 2.34. The molecule has 6 heteroatoms. The molecule has 2 heterocycles. The van der Waals surface area contributed by atoms with Gasteiger partial charge in [-0.1, -0.05) is 32.0 Å². The summed E-state index contributed by atoms with van der Waals surface area (Å²) in [6, 6.07) is 10.1. The summed E-state index contributed by atoms with van der Waals surface area (Å²) in [4.78, 5) is 8.47. The maximum Gasteiger partial charge on any atom is 0.222 e. The zero-order valence-corrected chi connectivity index (χ0v) is 14.7. The predicted octanol–water partition coefficient (Wildman–Crippen LogP) is 4.16. The van der Waals surface area contributed by atoms with E-state index in [0.717, 1.165) is 21.4 Å². The van der Waals surface area contributed by atoms with Crippen LogP contribution in [0.15, 0.2) is 53.4 Å². The lowest BCUT2D eigenvalue weighted by Gasteiger charge is -2.06. The number of rotatable bonds is 5. The molecule has 1 aromatic carbocycles. The summed E-state index contributed by atoms with van der Waals surface area (Å²) in [5, 5.41) is 7.99. The molecule has 0 aliphatic heterocycles. The van der Waals surface area contributed by atoms with Crippen LogP contribution in [0.5, 0.6) is 0 Å². The van der Waals surface area contributed by atoms with Crippen molar-refractivity contribution in [2.24, 2.45) is 0 Å². The summed E-state index contributed by atoms with van der Waals surface area (Å²) >= 11 is 3.34. The quantitative estimate of drug-likeness (QED) is 0.731. The topological polar surface area (TPSA) is 55.6 Å². The third-order valence-corrected chi connectivity index (χ3v) is 3.86. The SMILES string of the molecule is CC(C)c1nn(-c2ccccc2)cc1CNc1ncc(Br)cn1. The average molecular weight is 372 g/mol. The van der Waals surface area contributed by atoms with Crippen LogP contribution >= 0.6 is 15.9 Å². The van der Waals surface area contributed by atoms with Gasteiger partial charge in [-0.2, -0.15) is 5.10 Å². The molecule has 0 saturated carbocycles. The van der Waals surface area contributed by atoms with E-state index < -0.39 is 0 Å². The van der Waals surface area contributed by atoms with Crippen LogP contribution in [0.1, 0.15) is 31.0 Å². The minimum atomic E-state index is 0.350. The molecule has 0 fully saturated rings. The highest BCUT2D eigenvalue weighted by Crippen LogP contribution is 2.20. The molecule has 0 spiro atoms. The van der Waals surface area contributed by atoms with E-state index in [1.807, 2.05) is 35.0 Å². The molecule has 0 unspecified atom stereocenters. The van der Waals surface area contributed by atoms with Crippen molar-refractivity contribution in [3.63, 3.8) is 0 Å². The minimum absolute atomic E-state index is 0.350. The third kappa shape index (κ3) is 3.76. The second kappa shape index (κ2) is 6.91. The van der Waals surface area contributed by atoms with Crippen LogP contribution in [-0.4, -0.2) is 19.7 Å². The van der Waals surface area contributed by atoms with E-state index in [1.165, 1.54) is 0 Å². The van der Waals surface area contributed by atoms with Crippen LogP contribution in [-0.2, 0) is 6.54 Å². The molecule has 1 N–H and O–H groups in total. The van der Waals surface area contributed by atoms with Gasteiger partial charge in [-0.25, -0.2) is 14.6 Å². The van der Waals surface area contributed by atoms with Crippen LogP contribution in [0, 0.1) is 0 Å². The van der Waals surface area contributed by atoms with Crippen LogP contribution in [0.25, 0.3) is 5.69 Å². The van der Waals surface area contributed by atoms with Crippen molar-refractivity contribution in [3.05, 3.63) is 64.7 Å². The monoisotopic (exact) mass is 371 g/mol. The summed E-state index contributed by atoms with van der Waals surface area (Å²) < 4.78 is 2.79. The fraction of sp³-hybridized carbons (Fsp3) is 0.235. The highest BCUT2D eigenvalue weighted by molar-refractivity contribution is 9.10. The first-order valence-corrected chi connectivity index (χ1v) is 8.28. The number of benzene rings is 1. The van der Waals surface area contributed by atoms with Crippen molar-refractivity contribution in [3.8, 4) is 5.69 Å². The zero-order chi connectivity index (χ0) is 16.2. The molecule has 0 aliphatic carbocycles. The second-order valence-electron chi connectivity index (χ2n) is 5.55.